The van der Waals surface area contributed by atoms with Gasteiger partial charge in [0.25, 0.3) is 5.91 Å². The molecule has 0 radical (unpaired) electrons. The Morgan fingerprint density at radius 2 is 1.89 bits per heavy atom. The van der Waals surface area contributed by atoms with Crippen LogP contribution in [0.5, 0.6) is 0 Å². The molecule has 2 rings (SSSR count). The number of carbonyl (C=O) groups excluding carboxylic acids is 1. The lowest BCUT2D eigenvalue weighted by atomic mass is 10.1. The number of rotatable bonds is 2. The van der Waals surface area contributed by atoms with Gasteiger partial charge < -0.3 is 5.32 Å². The Hall–Kier alpha value is -1.75. The Balaban J connectivity index is 2.34. The molecular weight excluding hydrogens is 316 g/mol. The van der Waals surface area contributed by atoms with E-state index >= 15 is 0 Å². The number of halogens is 3. The Labute approximate surface area is 117 Å². The summed E-state index contributed by atoms with van der Waals surface area (Å²) in [5, 5.41) is 2.39. The zero-order chi connectivity index (χ0) is 14.0. The molecule has 98 valence electrons. The number of anilines is 1. The lowest BCUT2D eigenvalue weighted by Gasteiger charge is -2.10. The van der Waals surface area contributed by atoms with Gasteiger partial charge in [0.1, 0.15) is 11.6 Å². The summed E-state index contributed by atoms with van der Waals surface area (Å²) in [6.45, 7) is 1.66. The van der Waals surface area contributed by atoms with Crippen LogP contribution >= 0.6 is 15.9 Å². The molecule has 5 heteroatoms. The summed E-state index contributed by atoms with van der Waals surface area (Å²) in [5.41, 5.74) is 0.493. The van der Waals surface area contributed by atoms with Gasteiger partial charge in [0, 0.05) is 4.47 Å². The summed E-state index contributed by atoms with van der Waals surface area (Å²) in [5.74, 6) is -1.90. The average Bonchev–Trinajstić information content (AvgIpc) is 2.37. The minimum atomic E-state index is -0.688. The van der Waals surface area contributed by atoms with E-state index in [9.17, 15) is 13.6 Å². The normalized spacial score (nSPS) is 10.3. The van der Waals surface area contributed by atoms with Crippen LogP contribution in [-0.4, -0.2) is 5.91 Å². The second kappa shape index (κ2) is 5.48. The summed E-state index contributed by atoms with van der Waals surface area (Å²) < 4.78 is 27.7. The van der Waals surface area contributed by atoms with Crippen LogP contribution in [0.2, 0.25) is 0 Å². The molecule has 0 aliphatic carbocycles. The van der Waals surface area contributed by atoms with Crippen molar-refractivity contribution in [2.75, 3.05) is 5.32 Å². The van der Waals surface area contributed by atoms with Gasteiger partial charge in [-0.05, 0) is 36.8 Å². The highest BCUT2D eigenvalue weighted by molar-refractivity contribution is 9.10. The molecule has 1 N–H and O–H groups in total. The number of aryl methyl sites for hydroxylation is 1. The maximum absolute atomic E-state index is 13.6. The molecule has 0 bridgehead atoms. The first-order valence-electron chi connectivity index (χ1n) is 5.50. The van der Waals surface area contributed by atoms with Gasteiger partial charge in [-0.1, -0.05) is 28.1 Å². The Bertz CT molecular complexity index is 623. The molecule has 19 heavy (non-hydrogen) atoms. The highest BCUT2D eigenvalue weighted by Gasteiger charge is 2.15. The molecule has 2 aromatic carbocycles. The monoisotopic (exact) mass is 325 g/mol. The molecule has 0 fully saturated rings. The van der Waals surface area contributed by atoms with Crippen LogP contribution < -0.4 is 5.32 Å². The standard InChI is InChI=1S/C14H10BrF2NO/c1-8-3-2-4-12(17)13(8)18-14(19)10-7-9(15)5-6-11(10)16/h2-7H,1H3,(H,18,19). The average molecular weight is 326 g/mol. The number of para-hydroxylation sites is 1. The lowest BCUT2D eigenvalue weighted by Crippen LogP contribution is -2.15. The molecule has 1 amide bonds. The van der Waals surface area contributed by atoms with E-state index in [1.807, 2.05) is 0 Å². The third kappa shape index (κ3) is 2.98. The predicted molar refractivity (Wildman–Crippen MR) is 73.2 cm³/mol. The summed E-state index contributed by atoms with van der Waals surface area (Å²) in [7, 11) is 0. The molecule has 0 spiro atoms. The summed E-state index contributed by atoms with van der Waals surface area (Å²) >= 11 is 3.16. The van der Waals surface area contributed by atoms with Crippen molar-refractivity contribution in [2.45, 2.75) is 6.92 Å². The molecule has 0 saturated heterocycles. The van der Waals surface area contributed by atoms with Gasteiger partial charge in [-0.25, -0.2) is 8.78 Å². The fourth-order valence-corrected chi connectivity index (χ4v) is 2.00. The lowest BCUT2D eigenvalue weighted by molar-refractivity contribution is 0.102. The second-order valence-corrected chi connectivity index (χ2v) is 4.93. The van der Waals surface area contributed by atoms with E-state index in [1.165, 1.54) is 24.3 Å². The number of nitrogens with one attached hydrogen (secondary N) is 1. The van der Waals surface area contributed by atoms with Gasteiger partial charge in [0.05, 0.1) is 11.3 Å². The Morgan fingerprint density at radius 3 is 2.58 bits per heavy atom. The van der Waals surface area contributed by atoms with Crippen LogP contribution in [-0.2, 0) is 0 Å². The van der Waals surface area contributed by atoms with E-state index in [2.05, 4.69) is 21.2 Å². The first-order chi connectivity index (χ1) is 8.99. The van der Waals surface area contributed by atoms with Gasteiger partial charge in [0.2, 0.25) is 0 Å². The van der Waals surface area contributed by atoms with E-state index in [0.717, 1.165) is 0 Å². The quantitative estimate of drug-likeness (QED) is 0.876. The van der Waals surface area contributed by atoms with E-state index in [0.29, 0.717) is 10.0 Å². The van der Waals surface area contributed by atoms with E-state index in [4.69, 9.17) is 0 Å². The van der Waals surface area contributed by atoms with E-state index < -0.39 is 17.5 Å². The molecule has 0 aliphatic rings. The molecule has 0 saturated carbocycles. The molecule has 0 unspecified atom stereocenters. The first-order valence-corrected chi connectivity index (χ1v) is 6.30. The highest BCUT2D eigenvalue weighted by atomic mass is 79.9. The maximum atomic E-state index is 13.6. The van der Waals surface area contributed by atoms with Crippen molar-refractivity contribution < 1.29 is 13.6 Å². The van der Waals surface area contributed by atoms with Gasteiger partial charge in [-0.2, -0.15) is 0 Å². The van der Waals surface area contributed by atoms with Gasteiger partial charge in [0.15, 0.2) is 0 Å². The van der Waals surface area contributed by atoms with E-state index in [-0.39, 0.29) is 11.3 Å². The van der Waals surface area contributed by atoms with E-state index in [1.54, 1.807) is 19.1 Å². The van der Waals surface area contributed by atoms with Crippen LogP contribution in [0.4, 0.5) is 14.5 Å². The predicted octanol–water partition coefficient (Wildman–Crippen LogP) is 4.29. The molecule has 0 aliphatic heterocycles. The minimum Gasteiger partial charge on any atom is -0.319 e. The van der Waals surface area contributed by atoms with Gasteiger partial charge in [-0.15, -0.1) is 0 Å². The van der Waals surface area contributed by atoms with Crippen LogP contribution in [0.25, 0.3) is 0 Å². The maximum Gasteiger partial charge on any atom is 0.258 e. The van der Waals surface area contributed by atoms with Crippen LogP contribution in [0.15, 0.2) is 40.9 Å². The van der Waals surface area contributed by atoms with Crippen molar-refractivity contribution in [3.63, 3.8) is 0 Å². The molecular formula is C14H10BrF2NO. The van der Waals surface area contributed by atoms with Crippen molar-refractivity contribution in [1.82, 2.24) is 0 Å². The zero-order valence-corrected chi connectivity index (χ0v) is 11.6. The summed E-state index contributed by atoms with van der Waals surface area (Å²) in [6, 6.07) is 8.45. The fraction of sp³-hybridized carbons (Fsp3) is 0.0714. The molecule has 0 atom stereocenters. The number of amides is 1. The molecule has 0 aromatic heterocycles. The third-order valence-electron chi connectivity index (χ3n) is 2.63. The first kappa shape index (κ1) is 13.7. The Morgan fingerprint density at radius 1 is 1.16 bits per heavy atom. The SMILES string of the molecule is Cc1cccc(F)c1NC(=O)c1cc(Br)ccc1F. The molecule has 2 aromatic rings. The number of carbonyl (C=O) groups is 1. The van der Waals surface area contributed by atoms with Gasteiger partial charge in [-0.3, -0.25) is 4.79 Å². The fourth-order valence-electron chi connectivity index (χ4n) is 1.64. The van der Waals surface area contributed by atoms with Crippen molar-refractivity contribution in [3.8, 4) is 0 Å². The van der Waals surface area contributed by atoms with Crippen LogP contribution in [0.3, 0.4) is 0 Å². The minimum absolute atomic E-state index is 0.0619. The Kier molecular flexibility index (Phi) is 3.95. The third-order valence-corrected chi connectivity index (χ3v) is 3.13. The van der Waals surface area contributed by atoms with Crippen molar-refractivity contribution in [2.24, 2.45) is 0 Å². The second-order valence-electron chi connectivity index (χ2n) is 4.01. The summed E-state index contributed by atoms with van der Waals surface area (Å²) in [6.07, 6.45) is 0. The smallest absolute Gasteiger partial charge is 0.258 e. The number of hydrogen-bond acceptors (Lipinski definition) is 1. The topological polar surface area (TPSA) is 29.1 Å². The molecule has 0 heterocycles. The van der Waals surface area contributed by atoms with Crippen molar-refractivity contribution >= 4 is 27.5 Å². The number of hydrogen-bond donors (Lipinski definition) is 1. The van der Waals surface area contributed by atoms with Gasteiger partial charge >= 0.3 is 0 Å². The van der Waals surface area contributed by atoms with Crippen molar-refractivity contribution in [1.29, 1.82) is 0 Å². The van der Waals surface area contributed by atoms with Crippen LogP contribution in [0.1, 0.15) is 15.9 Å². The summed E-state index contributed by atoms with van der Waals surface area (Å²) in [4.78, 5) is 12.0. The highest BCUT2D eigenvalue weighted by Crippen LogP contribution is 2.21. The van der Waals surface area contributed by atoms with Crippen molar-refractivity contribution in [3.05, 3.63) is 63.6 Å². The molecule has 2 nitrogen and oxygen atoms in total. The largest absolute Gasteiger partial charge is 0.319 e. The zero-order valence-electron chi connectivity index (χ0n) is 10.0. The van der Waals surface area contributed by atoms with Crippen LogP contribution in [0, 0.1) is 18.6 Å². The number of benzene rings is 2.